The minimum absolute atomic E-state index is 0.130. The van der Waals surface area contributed by atoms with Gasteiger partial charge < -0.3 is 10.1 Å². The van der Waals surface area contributed by atoms with Crippen LogP contribution in [0.3, 0.4) is 0 Å². The van der Waals surface area contributed by atoms with Gasteiger partial charge >= 0.3 is 5.97 Å². The highest BCUT2D eigenvalue weighted by Gasteiger charge is 2.08. The normalized spacial score (nSPS) is 11.5. The molecule has 0 aliphatic carbocycles. The average molecular weight is 185 g/mol. The molecule has 0 radical (unpaired) electrons. The van der Waals surface area contributed by atoms with Crippen LogP contribution >= 0.6 is 0 Å². The fourth-order valence-electron chi connectivity index (χ4n) is 0.885. The molecular formula is C9H15NO3. The number of nitrogens with one attached hydrogen (secondary N) is 1. The molecule has 0 rings (SSSR count). The molecule has 0 aromatic carbocycles. The third-order valence-corrected chi connectivity index (χ3v) is 1.56. The molecule has 4 nitrogen and oxygen atoms in total. The summed E-state index contributed by atoms with van der Waals surface area (Å²) in [5, 5.41) is 2.64. The Morgan fingerprint density at radius 2 is 2.23 bits per heavy atom. The van der Waals surface area contributed by atoms with Crippen molar-refractivity contribution >= 4 is 11.9 Å². The van der Waals surface area contributed by atoms with Gasteiger partial charge in [0.2, 0.25) is 5.91 Å². The number of carbonyl (C=O) groups excluding carboxylic acids is 2. The predicted octanol–water partition coefficient (Wildman–Crippen LogP) is 0.630. The molecule has 1 N–H and O–H groups in total. The Morgan fingerprint density at radius 3 is 2.62 bits per heavy atom. The maximum atomic E-state index is 10.7. The quantitative estimate of drug-likeness (QED) is 0.505. The van der Waals surface area contributed by atoms with E-state index >= 15 is 0 Å². The molecule has 0 saturated carbocycles. The summed E-state index contributed by atoms with van der Waals surface area (Å²) in [6, 6.07) is -0.156. The second-order valence-corrected chi connectivity index (χ2v) is 2.66. The van der Waals surface area contributed by atoms with E-state index in [0.29, 0.717) is 6.42 Å². The summed E-state index contributed by atoms with van der Waals surface area (Å²) in [6.45, 7) is 4.98. The molecule has 4 heteroatoms. The molecule has 1 amide bonds. The Balaban J connectivity index is 3.78. The lowest BCUT2D eigenvalue weighted by Crippen LogP contribution is -2.31. The number of rotatable bonds is 5. The van der Waals surface area contributed by atoms with Crippen LogP contribution in [0.2, 0.25) is 0 Å². The van der Waals surface area contributed by atoms with Gasteiger partial charge in [0.15, 0.2) is 0 Å². The molecule has 13 heavy (non-hydrogen) atoms. The van der Waals surface area contributed by atoms with Crippen LogP contribution in [0.1, 0.15) is 19.8 Å². The molecule has 0 spiro atoms. The molecule has 0 aliphatic rings. The Bertz CT molecular complexity index is 201. The van der Waals surface area contributed by atoms with Crippen LogP contribution in [0.5, 0.6) is 0 Å². The van der Waals surface area contributed by atoms with Gasteiger partial charge in [-0.25, -0.2) is 0 Å². The second kappa shape index (κ2) is 6.22. The highest BCUT2D eigenvalue weighted by molar-refractivity contribution is 5.73. The maximum absolute atomic E-state index is 10.7. The Kier molecular flexibility index (Phi) is 5.59. The number of methoxy groups -OCH3 is 1. The van der Waals surface area contributed by atoms with E-state index in [0.717, 1.165) is 0 Å². The van der Waals surface area contributed by atoms with E-state index in [9.17, 15) is 9.59 Å². The van der Waals surface area contributed by atoms with Crippen LogP contribution in [-0.2, 0) is 14.3 Å². The van der Waals surface area contributed by atoms with Gasteiger partial charge in [0.25, 0.3) is 0 Å². The van der Waals surface area contributed by atoms with Gasteiger partial charge in [-0.15, -0.1) is 6.58 Å². The van der Waals surface area contributed by atoms with Gasteiger partial charge in [0, 0.05) is 19.4 Å². The number of esters is 1. The van der Waals surface area contributed by atoms with Crippen molar-refractivity contribution in [3.05, 3.63) is 12.7 Å². The lowest BCUT2D eigenvalue weighted by atomic mass is 10.1. The largest absolute Gasteiger partial charge is 0.469 e. The first-order valence-corrected chi connectivity index (χ1v) is 4.06. The van der Waals surface area contributed by atoms with Crippen molar-refractivity contribution in [2.24, 2.45) is 0 Å². The van der Waals surface area contributed by atoms with E-state index < -0.39 is 0 Å². The highest BCUT2D eigenvalue weighted by atomic mass is 16.5. The molecule has 0 aliphatic heterocycles. The first kappa shape index (κ1) is 11.7. The van der Waals surface area contributed by atoms with Gasteiger partial charge in [-0.05, 0) is 6.42 Å². The molecule has 74 valence electrons. The van der Waals surface area contributed by atoms with E-state index in [1.54, 1.807) is 6.08 Å². The molecule has 1 atom stereocenters. The monoisotopic (exact) mass is 185 g/mol. The van der Waals surface area contributed by atoms with Crippen LogP contribution in [0.15, 0.2) is 12.7 Å². The van der Waals surface area contributed by atoms with E-state index in [-0.39, 0.29) is 24.3 Å². The minimum atomic E-state index is -0.280. The average Bonchev–Trinajstić information content (AvgIpc) is 2.10. The fraction of sp³-hybridized carbons (Fsp3) is 0.556. The van der Waals surface area contributed by atoms with Gasteiger partial charge in [-0.1, -0.05) is 6.08 Å². The topological polar surface area (TPSA) is 55.4 Å². The lowest BCUT2D eigenvalue weighted by molar-refractivity contribution is -0.141. The number of ether oxygens (including phenoxy) is 1. The van der Waals surface area contributed by atoms with Gasteiger partial charge in [0.05, 0.1) is 7.11 Å². The van der Waals surface area contributed by atoms with Crippen LogP contribution in [0, 0.1) is 0 Å². The Hall–Kier alpha value is -1.32. The van der Waals surface area contributed by atoms with Crippen molar-refractivity contribution < 1.29 is 14.3 Å². The Labute approximate surface area is 78.0 Å². The molecule has 0 bridgehead atoms. The second-order valence-electron chi connectivity index (χ2n) is 2.66. The van der Waals surface area contributed by atoms with Gasteiger partial charge in [-0.3, -0.25) is 9.59 Å². The smallest absolute Gasteiger partial charge is 0.305 e. The van der Waals surface area contributed by atoms with Crippen LogP contribution < -0.4 is 5.32 Å². The molecule has 0 aromatic rings. The van der Waals surface area contributed by atoms with Crippen molar-refractivity contribution in [2.75, 3.05) is 7.11 Å². The molecule has 0 fully saturated rings. The summed E-state index contributed by atoms with van der Waals surface area (Å²) < 4.78 is 4.46. The SMILES string of the molecule is C=C[C@H](CCC(=O)OC)NC(C)=O. The van der Waals surface area contributed by atoms with Gasteiger partial charge in [0.1, 0.15) is 0 Å². The molecule has 0 saturated heterocycles. The molecule has 0 heterocycles. The molecular weight excluding hydrogens is 170 g/mol. The summed E-state index contributed by atoms with van der Waals surface area (Å²) in [7, 11) is 1.34. The van der Waals surface area contributed by atoms with E-state index in [2.05, 4.69) is 16.6 Å². The third kappa shape index (κ3) is 5.90. The number of amides is 1. The third-order valence-electron chi connectivity index (χ3n) is 1.56. The first-order valence-electron chi connectivity index (χ1n) is 4.06. The van der Waals surface area contributed by atoms with Crippen LogP contribution in [-0.4, -0.2) is 25.0 Å². The minimum Gasteiger partial charge on any atom is -0.469 e. The van der Waals surface area contributed by atoms with E-state index in [1.165, 1.54) is 14.0 Å². The van der Waals surface area contributed by atoms with Crippen molar-refractivity contribution in [2.45, 2.75) is 25.8 Å². The van der Waals surface area contributed by atoms with E-state index in [1.807, 2.05) is 0 Å². The molecule has 0 aromatic heterocycles. The number of carbonyl (C=O) groups is 2. The summed E-state index contributed by atoms with van der Waals surface area (Å²) >= 11 is 0. The summed E-state index contributed by atoms with van der Waals surface area (Å²) in [4.78, 5) is 21.4. The summed E-state index contributed by atoms with van der Waals surface area (Å²) in [5.41, 5.74) is 0. The lowest BCUT2D eigenvalue weighted by Gasteiger charge is -2.11. The van der Waals surface area contributed by atoms with Crippen molar-refractivity contribution in [3.8, 4) is 0 Å². The first-order chi connectivity index (χ1) is 6.10. The van der Waals surface area contributed by atoms with Crippen molar-refractivity contribution in [3.63, 3.8) is 0 Å². The summed E-state index contributed by atoms with van der Waals surface area (Å²) in [6.07, 6.45) is 2.41. The van der Waals surface area contributed by atoms with Gasteiger partial charge in [-0.2, -0.15) is 0 Å². The number of hydrogen-bond donors (Lipinski definition) is 1. The fourth-order valence-corrected chi connectivity index (χ4v) is 0.885. The van der Waals surface area contributed by atoms with E-state index in [4.69, 9.17) is 0 Å². The zero-order valence-electron chi connectivity index (χ0n) is 8.00. The Morgan fingerprint density at radius 1 is 1.62 bits per heavy atom. The molecule has 0 unspecified atom stereocenters. The predicted molar refractivity (Wildman–Crippen MR) is 49.1 cm³/mol. The van der Waals surface area contributed by atoms with Crippen molar-refractivity contribution in [1.82, 2.24) is 5.32 Å². The highest BCUT2D eigenvalue weighted by Crippen LogP contribution is 1.99. The zero-order valence-corrected chi connectivity index (χ0v) is 8.00. The standard InChI is InChI=1S/C9H15NO3/c1-4-8(10-7(2)11)5-6-9(12)13-3/h4,8H,1,5-6H2,2-3H3,(H,10,11)/t8-/m1/s1. The van der Waals surface area contributed by atoms with Crippen LogP contribution in [0.4, 0.5) is 0 Å². The number of hydrogen-bond acceptors (Lipinski definition) is 3. The zero-order chi connectivity index (χ0) is 10.3. The van der Waals surface area contributed by atoms with Crippen molar-refractivity contribution in [1.29, 1.82) is 0 Å². The van der Waals surface area contributed by atoms with Crippen LogP contribution in [0.25, 0.3) is 0 Å². The maximum Gasteiger partial charge on any atom is 0.305 e. The summed E-state index contributed by atoms with van der Waals surface area (Å²) in [5.74, 6) is -0.410.